The SMILES string of the molecule is CC(O)CCNC(=O)c1ccc(-c2ccc[c]c2C(=O)NCCCn2ccnc2)cc1. The number of carbonyl (C=O) groups excluding carboxylic acids is 2. The van der Waals surface area contributed by atoms with Crippen molar-refractivity contribution >= 4 is 11.8 Å². The highest BCUT2D eigenvalue weighted by Crippen LogP contribution is 2.24. The van der Waals surface area contributed by atoms with Crippen LogP contribution in [-0.2, 0) is 6.54 Å². The van der Waals surface area contributed by atoms with Gasteiger partial charge in [-0.1, -0.05) is 30.3 Å². The standard InChI is InChI=1S/C24H27N4O3/c1-18(29)11-13-27-23(30)20-9-7-19(8-10-20)21-5-2-3-6-22(21)24(31)26-12-4-15-28-16-14-25-17-28/h2-3,5,7-10,14,16-18,29H,4,11-13,15H2,1H3,(H,26,31)(H,27,30). The lowest BCUT2D eigenvalue weighted by atomic mass is 9.98. The maximum atomic E-state index is 12.7. The minimum atomic E-state index is -0.451. The number of rotatable bonds is 10. The van der Waals surface area contributed by atoms with Gasteiger partial charge in [0, 0.05) is 37.6 Å². The van der Waals surface area contributed by atoms with Crippen LogP contribution in [-0.4, -0.2) is 45.7 Å². The zero-order valence-corrected chi connectivity index (χ0v) is 17.5. The summed E-state index contributed by atoms with van der Waals surface area (Å²) in [5.74, 6) is -0.371. The summed E-state index contributed by atoms with van der Waals surface area (Å²) in [5, 5.41) is 15.0. The fourth-order valence-corrected chi connectivity index (χ4v) is 3.13. The quantitative estimate of drug-likeness (QED) is 0.440. The lowest BCUT2D eigenvalue weighted by Crippen LogP contribution is -2.26. The van der Waals surface area contributed by atoms with Gasteiger partial charge in [-0.3, -0.25) is 9.59 Å². The predicted molar refractivity (Wildman–Crippen MR) is 119 cm³/mol. The molecule has 0 aliphatic carbocycles. The van der Waals surface area contributed by atoms with Crippen LogP contribution in [0.4, 0.5) is 0 Å². The molecule has 3 N–H and O–H groups in total. The van der Waals surface area contributed by atoms with Crippen molar-refractivity contribution in [3.05, 3.63) is 78.4 Å². The Labute approximate surface area is 182 Å². The van der Waals surface area contributed by atoms with Gasteiger partial charge < -0.3 is 20.3 Å². The number of carbonyl (C=O) groups is 2. The number of benzene rings is 2. The van der Waals surface area contributed by atoms with Crippen molar-refractivity contribution in [3.63, 3.8) is 0 Å². The fourth-order valence-electron chi connectivity index (χ4n) is 3.13. The lowest BCUT2D eigenvalue weighted by Gasteiger charge is -2.11. The Morgan fingerprint density at radius 2 is 1.90 bits per heavy atom. The van der Waals surface area contributed by atoms with E-state index in [9.17, 15) is 14.7 Å². The van der Waals surface area contributed by atoms with Gasteiger partial charge >= 0.3 is 0 Å². The smallest absolute Gasteiger partial charge is 0.252 e. The maximum Gasteiger partial charge on any atom is 0.252 e. The highest BCUT2D eigenvalue weighted by Gasteiger charge is 2.13. The van der Waals surface area contributed by atoms with Crippen LogP contribution in [0.25, 0.3) is 11.1 Å². The molecule has 0 bridgehead atoms. The zero-order chi connectivity index (χ0) is 22.1. The fraction of sp³-hybridized carbons (Fsp3) is 0.292. The van der Waals surface area contributed by atoms with E-state index in [-0.39, 0.29) is 11.8 Å². The van der Waals surface area contributed by atoms with E-state index in [0.717, 1.165) is 24.1 Å². The van der Waals surface area contributed by atoms with E-state index < -0.39 is 6.10 Å². The topological polar surface area (TPSA) is 96.3 Å². The first-order chi connectivity index (χ1) is 15.0. The van der Waals surface area contributed by atoms with E-state index in [1.54, 1.807) is 37.6 Å². The molecule has 0 saturated heterocycles. The second kappa shape index (κ2) is 11.1. The van der Waals surface area contributed by atoms with Crippen molar-refractivity contribution in [2.75, 3.05) is 13.1 Å². The number of imidazole rings is 1. The third-order valence-corrected chi connectivity index (χ3v) is 4.83. The molecule has 0 saturated carbocycles. The van der Waals surface area contributed by atoms with Gasteiger partial charge in [-0.25, -0.2) is 4.98 Å². The van der Waals surface area contributed by atoms with Crippen LogP contribution >= 0.6 is 0 Å². The molecule has 3 aromatic rings. The van der Waals surface area contributed by atoms with Gasteiger partial charge in [-0.05, 0) is 49.1 Å². The molecule has 1 radical (unpaired) electrons. The molecule has 1 atom stereocenters. The molecule has 1 unspecified atom stereocenters. The van der Waals surface area contributed by atoms with Gasteiger partial charge in [-0.15, -0.1) is 0 Å². The summed E-state index contributed by atoms with van der Waals surface area (Å²) in [4.78, 5) is 28.9. The number of hydrogen-bond donors (Lipinski definition) is 3. The van der Waals surface area contributed by atoms with E-state index >= 15 is 0 Å². The summed E-state index contributed by atoms with van der Waals surface area (Å²) < 4.78 is 1.97. The lowest BCUT2D eigenvalue weighted by molar-refractivity contribution is 0.0939. The molecule has 1 heterocycles. The average Bonchev–Trinajstić information content (AvgIpc) is 3.30. The Morgan fingerprint density at radius 3 is 2.61 bits per heavy atom. The first-order valence-corrected chi connectivity index (χ1v) is 10.4. The first-order valence-electron chi connectivity index (χ1n) is 10.4. The molecule has 0 aliphatic rings. The third-order valence-electron chi connectivity index (χ3n) is 4.83. The first kappa shape index (κ1) is 22.2. The Balaban J connectivity index is 1.61. The number of aromatic nitrogens is 2. The number of hydrogen-bond acceptors (Lipinski definition) is 4. The molecule has 2 aromatic carbocycles. The van der Waals surface area contributed by atoms with E-state index in [1.165, 1.54) is 0 Å². The van der Waals surface area contributed by atoms with Gasteiger partial charge in [-0.2, -0.15) is 0 Å². The number of aliphatic hydroxyl groups excluding tert-OH is 1. The second-order valence-corrected chi connectivity index (χ2v) is 7.34. The monoisotopic (exact) mass is 419 g/mol. The minimum Gasteiger partial charge on any atom is -0.393 e. The van der Waals surface area contributed by atoms with Crippen molar-refractivity contribution in [3.8, 4) is 11.1 Å². The Hall–Kier alpha value is -3.45. The largest absolute Gasteiger partial charge is 0.393 e. The molecule has 161 valence electrons. The van der Waals surface area contributed by atoms with E-state index in [4.69, 9.17) is 0 Å². The Bertz CT molecular complexity index is 982. The number of aryl methyl sites for hydroxylation is 1. The summed E-state index contributed by atoms with van der Waals surface area (Å²) in [5.41, 5.74) is 2.59. The molecule has 3 rings (SSSR count). The predicted octanol–water partition coefficient (Wildman–Crippen LogP) is 2.67. The van der Waals surface area contributed by atoms with E-state index in [1.807, 2.05) is 35.0 Å². The summed E-state index contributed by atoms with van der Waals surface area (Å²) in [6, 6.07) is 15.6. The molecular formula is C24H27N4O3. The van der Waals surface area contributed by atoms with Crippen LogP contribution in [0.15, 0.2) is 61.2 Å². The van der Waals surface area contributed by atoms with Crippen molar-refractivity contribution in [1.29, 1.82) is 0 Å². The van der Waals surface area contributed by atoms with Crippen LogP contribution in [0.3, 0.4) is 0 Å². The van der Waals surface area contributed by atoms with Crippen molar-refractivity contribution < 1.29 is 14.7 Å². The van der Waals surface area contributed by atoms with Gasteiger partial charge in [0.25, 0.3) is 11.8 Å². The molecular weight excluding hydrogens is 392 g/mol. The van der Waals surface area contributed by atoms with Crippen LogP contribution in [0.5, 0.6) is 0 Å². The third kappa shape index (κ3) is 6.52. The summed E-state index contributed by atoms with van der Waals surface area (Å²) in [7, 11) is 0. The number of nitrogens with one attached hydrogen (secondary N) is 2. The molecule has 7 heteroatoms. The normalized spacial score (nSPS) is 11.7. The molecule has 2 amide bonds. The summed E-state index contributed by atoms with van der Waals surface area (Å²) in [6.07, 6.45) is 6.22. The van der Waals surface area contributed by atoms with Crippen LogP contribution in [0, 0.1) is 6.07 Å². The van der Waals surface area contributed by atoms with Crippen molar-refractivity contribution in [2.24, 2.45) is 0 Å². The number of aliphatic hydroxyl groups is 1. The molecule has 1 aromatic heterocycles. The van der Waals surface area contributed by atoms with Gasteiger partial charge in [0.1, 0.15) is 0 Å². The van der Waals surface area contributed by atoms with Crippen LogP contribution < -0.4 is 10.6 Å². The Morgan fingerprint density at radius 1 is 1.13 bits per heavy atom. The van der Waals surface area contributed by atoms with E-state index in [0.29, 0.717) is 30.6 Å². The summed E-state index contributed by atoms with van der Waals surface area (Å²) in [6.45, 7) is 3.43. The molecule has 31 heavy (non-hydrogen) atoms. The number of amides is 2. The van der Waals surface area contributed by atoms with Crippen molar-refractivity contribution in [1.82, 2.24) is 20.2 Å². The molecule has 0 fully saturated rings. The van der Waals surface area contributed by atoms with Gasteiger partial charge in [0.15, 0.2) is 0 Å². The summed E-state index contributed by atoms with van der Waals surface area (Å²) >= 11 is 0. The minimum absolute atomic E-state index is 0.179. The van der Waals surface area contributed by atoms with Crippen LogP contribution in [0.2, 0.25) is 0 Å². The zero-order valence-electron chi connectivity index (χ0n) is 17.5. The van der Waals surface area contributed by atoms with E-state index in [2.05, 4.69) is 21.7 Å². The maximum absolute atomic E-state index is 12.7. The average molecular weight is 420 g/mol. The van der Waals surface area contributed by atoms with Crippen LogP contribution in [0.1, 0.15) is 40.5 Å². The number of nitrogens with zero attached hydrogens (tertiary/aromatic N) is 2. The molecule has 7 nitrogen and oxygen atoms in total. The Kier molecular flexibility index (Phi) is 7.95. The second-order valence-electron chi connectivity index (χ2n) is 7.34. The highest BCUT2D eigenvalue weighted by atomic mass is 16.3. The molecule has 0 aliphatic heterocycles. The van der Waals surface area contributed by atoms with Crippen molar-refractivity contribution in [2.45, 2.75) is 32.4 Å². The van der Waals surface area contributed by atoms with Gasteiger partial charge in [0.05, 0.1) is 18.0 Å². The van der Waals surface area contributed by atoms with Gasteiger partial charge in [0.2, 0.25) is 0 Å². The molecule has 0 spiro atoms. The highest BCUT2D eigenvalue weighted by molar-refractivity contribution is 6.01.